The normalized spacial score (nSPS) is 19.9. The maximum atomic E-state index is 14.3. The van der Waals surface area contributed by atoms with Crippen molar-refractivity contribution in [3.8, 4) is 0 Å². The SMILES string of the molecule is Fc1ccccc1[C@H]1C[C@@H](c2cccc(Br)c2)Nc2nnnn21. The lowest BCUT2D eigenvalue weighted by molar-refractivity contribution is 0.409. The number of rotatable bonds is 2. The smallest absolute Gasteiger partial charge is 0.243 e. The van der Waals surface area contributed by atoms with E-state index in [0.29, 0.717) is 17.9 Å². The van der Waals surface area contributed by atoms with Crippen LogP contribution in [0, 0.1) is 5.82 Å². The van der Waals surface area contributed by atoms with Crippen molar-refractivity contribution in [2.75, 3.05) is 5.32 Å². The third-order valence-corrected chi connectivity index (χ3v) is 4.56. The minimum atomic E-state index is -0.244. The molecule has 0 unspecified atom stereocenters. The Morgan fingerprint density at radius 1 is 1.17 bits per heavy atom. The minimum absolute atomic E-state index is 0.00982. The van der Waals surface area contributed by atoms with E-state index in [1.807, 2.05) is 24.3 Å². The second-order valence-electron chi connectivity index (χ2n) is 5.47. The van der Waals surface area contributed by atoms with E-state index in [9.17, 15) is 4.39 Å². The van der Waals surface area contributed by atoms with E-state index in [2.05, 4.69) is 42.8 Å². The van der Waals surface area contributed by atoms with Gasteiger partial charge >= 0.3 is 0 Å². The van der Waals surface area contributed by atoms with Crippen LogP contribution in [0.1, 0.15) is 29.6 Å². The number of anilines is 1. The summed E-state index contributed by atoms with van der Waals surface area (Å²) in [4.78, 5) is 0. The molecule has 0 aliphatic carbocycles. The highest BCUT2D eigenvalue weighted by molar-refractivity contribution is 9.10. The molecule has 0 fully saturated rings. The van der Waals surface area contributed by atoms with Crippen LogP contribution in [-0.2, 0) is 0 Å². The number of hydrogen-bond donors (Lipinski definition) is 1. The molecular formula is C16H13BrFN5. The van der Waals surface area contributed by atoms with E-state index in [1.54, 1.807) is 16.8 Å². The van der Waals surface area contributed by atoms with Crippen molar-refractivity contribution in [3.05, 3.63) is 69.9 Å². The van der Waals surface area contributed by atoms with Gasteiger partial charge in [0.1, 0.15) is 5.82 Å². The third kappa shape index (κ3) is 2.61. The summed E-state index contributed by atoms with van der Waals surface area (Å²) in [6.45, 7) is 0. The van der Waals surface area contributed by atoms with E-state index in [4.69, 9.17) is 0 Å². The molecule has 0 bridgehead atoms. The molecule has 0 spiro atoms. The Balaban J connectivity index is 1.77. The zero-order valence-electron chi connectivity index (χ0n) is 12.0. The average molecular weight is 374 g/mol. The highest BCUT2D eigenvalue weighted by Gasteiger charge is 2.32. The fourth-order valence-electron chi connectivity index (χ4n) is 2.98. The monoisotopic (exact) mass is 373 g/mol. The van der Waals surface area contributed by atoms with Crippen molar-refractivity contribution >= 4 is 21.9 Å². The van der Waals surface area contributed by atoms with E-state index in [0.717, 1.165) is 10.0 Å². The lowest BCUT2D eigenvalue weighted by atomic mass is 9.93. The summed E-state index contributed by atoms with van der Waals surface area (Å²) >= 11 is 3.49. The standard InChI is InChI=1S/C16H13BrFN5/c17-11-5-3-4-10(8-11)14-9-15(12-6-1-2-7-13(12)18)23-16(19-14)20-21-22-23/h1-8,14-15H,9H2,(H,19,20,22)/t14-,15+/m0/s1. The summed E-state index contributed by atoms with van der Waals surface area (Å²) in [5.41, 5.74) is 1.71. The quantitative estimate of drug-likeness (QED) is 0.743. The zero-order chi connectivity index (χ0) is 15.8. The van der Waals surface area contributed by atoms with Gasteiger partial charge in [0.2, 0.25) is 5.95 Å². The number of hydrogen-bond acceptors (Lipinski definition) is 4. The van der Waals surface area contributed by atoms with Crippen LogP contribution in [0.5, 0.6) is 0 Å². The number of benzene rings is 2. The number of halogens is 2. The van der Waals surface area contributed by atoms with Crippen LogP contribution in [0.15, 0.2) is 53.0 Å². The highest BCUT2D eigenvalue weighted by Crippen LogP contribution is 2.38. The molecule has 0 radical (unpaired) electrons. The van der Waals surface area contributed by atoms with Crippen molar-refractivity contribution in [3.63, 3.8) is 0 Å². The van der Waals surface area contributed by atoms with Crippen LogP contribution in [0.2, 0.25) is 0 Å². The largest absolute Gasteiger partial charge is 0.346 e. The molecule has 3 aromatic rings. The lowest BCUT2D eigenvalue weighted by Crippen LogP contribution is -2.28. The molecule has 0 saturated heterocycles. The fraction of sp³-hybridized carbons (Fsp3) is 0.188. The van der Waals surface area contributed by atoms with Crippen LogP contribution < -0.4 is 5.32 Å². The van der Waals surface area contributed by atoms with Gasteiger partial charge in [0.05, 0.1) is 12.1 Å². The number of fused-ring (bicyclic) bond motifs is 1. The van der Waals surface area contributed by atoms with Gasteiger partial charge in [-0.3, -0.25) is 0 Å². The molecule has 116 valence electrons. The predicted octanol–water partition coefficient (Wildman–Crippen LogP) is 3.72. The van der Waals surface area contributed by atoms with Crippen molar-refractivity contribution < 1.29 is 4.39 Å². The van der Waals surface area contributed by atoms with Gasteiger partial charge in [0.25, 0.3) is 0 Å². The first-order valence-corrected chi connectivity index (χ1v) is 8.06. The Morgan fingerprint density at radius 2 is 2.04 bits per heavy atom. The molecule has 1 aliphatic rings. The number of tetrazole rings is 1. The van der Waals surface area contributed by atoms with Gasteiger partial charge in [-0.05, 0) is 40.6 Å². The molecule has 23 heavy (non-hydrogen) atoms. The Kier molecular flexibility index (Phi) is 3.57. The van der Waals surface area contributed by atoms with Crippen molar-refractivity contribution in [1.82, 2.24) is 20.2 Å². The molecule has 1 N–H and O–H groups in total. The summed E-state index contributed by atoms with van der Waals surface area (Å²) in [6.07, 6.45) is 0.662. The van der Waals surface area contributed by atoms with Crippen LogP contribution in [0.4, 0.5) is 10.3 Å². The molecule has 4 rings (SSSR count). The lowest BCUT2D eigenvalue weighted by Gasteiger charge is -2.31. The maximum Gasteiger partial charge on any atom is 0.243 e. The first-order chi connectivity index (χ1) is 11.2. The van der Waals surface area contributed by atoms with Gasteiger partial charge in [-0.1, -0.05) is 51.4 Å². The summed E-state index contributed by atoms with van der Waals surface area (Å²) in [7, 11) is 0. The maximum absolute atomic E-state index is 14.3. The van der Waals surface area contributed by atoms with Gasteiger partial charge in [0, 0.05) is 10.0 Å². The molecule has 2 atom stereocenters. The van der Waals surface area contributed by atoms with E-state index < -0.39 is 0 Å². The predicted molar refractivity (Wildman–Crippen MR) is 87.5 cm³/mol. The van der Waals surface area contributed by atoms with E-state index in [-0.39, 0.29) is 17.9 Å². The Hall–Kier alpha value is -2.28. The Bertz CT molecular complexity index is 850. The molecule has 5 nitrogen and oxygen atoms in total. The second-order valence-corrected chi connectivity index (χ2v) is 6.39. The number of nitrogens with one attached hydrogen (secondary N) is 1. The average Bonchev–Trinajstić information content (AvgIpc) is 3.03. The first kappa shape index (κ1) is 14.3. The molecule has 2 aromatic carbocycles. The molecule has 0 amide bonds. The first-order valence-electron chi connectivity index (χ1n) is 7.26. The van der Waals surface area contributed by atoms with Gasteiger partial charge < -0.3 is 5.32 Å². The molecule has 1 aliphatic heterocycles. The summed E-state index contributed by atoms with van der Waals surface area (Å²) in [6, 6.07) is 14.6. The Morgan fingerprint density at radius 3 is 2.87 bits per heavy atom. The van der Waals surface area contributed by atoms with Crippen molar-refractivity contribution in [2.45, 2.75) is 18.5 Å². The third-order valence-electron chi connectivity index (χ3n) is 4.07. The molecular weight excluding hydrogens is 361 g/mol. The molecule has 2 heterocycles. The summed E-state index contributed by atoms with van der Waals surface area (Å²) in [5, 5.41) is 15.1. The van der Waals surface area contributed by atoms with Gasteiger partial charge in [0.15, 0.2) is 0 Å². The fourth-order valence-corrected chi connectivity index (χ4v) is 3.40. The van der Waals surface area contributed by atoms with Crippen LogP contribution >= 0.6 is 15.9 Å². The molecule has 0 saturated carbocycles. The van der Waals surface area contributed by atoms with Crippen molar-refractivity contribution in [2.24, 2.45) is 0 Å². The molecule has 1 aromatic heterocycles. The second kappa shape index (κ2) is 5.73. The zero-order valence-corrected chi connectivity index (χ0v) is 13.6. The molecule has 7 heteroatoms. The van der Waals surface area contributed by atoms with Crippen molar-refractivity contribution in [1.29, 1.82) is 0 Å². The van der Waals surface area contributed by atoms with Gasteiger partial charge in [-0.2, -0.15) is 0 Å². The summed E-state index contributed by atoms with van der Waals surface area (Å²) in [5.74, 6) is 0.309. The van der Waals surface area contributed by atoms with Crippen LogP contribution in [0.25, 0.3) is 0 Å². The van der Waals surface area contributed by atoms with Crippen LogP contribution in [-0.4, -0.2) is 20.2 Å². The van der Waals surface area contributed by atoms with Gasteiger partial charge in [-0.15, -0.1) is 0 Å². The Labute approximate surface area is 140 Å². The van der Waals surface area contributed by atoms with Crippen LogP contribution in [0.3, 0.4) is 0 Å². The topological polar surface area (TPSA) is 55.6 Å². The summed E-state index contributed by atoms with van der Waals surface area (Å²) < 4.78 is 16.9. The minimum Gasteiger partial charge on any atom is -0.346 e. The number of aromatic nitrogens is 4. The highest BCUT2D eigenvalue weighted by atomic mass is 79.9. The van der Waals surface area contributed by atoms with E-state index in [1.165, 1.54) is 6.07 Å². The van der Waals surface area contributed by atoms with E-state index >= 15 is 0 Å². The van der Waals surface area contributed by atoms with Gasteiger partial charge in [-0.25, -0.2) is 9.07 Å². The number of nitrogens with zero attached hydrogens (tertiary/aromatic N) is 4.